The summed E-state index contributed by atoms with van der Waals surface area (Å²) in [5, 5.41) is 4.04. The van der Waals surface area contributed by atoms with Gasteiger partial charge in [-0.05, 0) is 31.2 Å². The molecule has 2 heterocycles. The molecule has 0 saturated heterocycles. The Labute approximate surface area is 105 Å². The van der Waals surface area contributed by atoms with Crippen LogP contribution in [-0.4, -0.2) is 21.6 Å². The summed E-state index contributed by atoms with van der Waals surface area (Å²) in [5.41, 5.74) is 4.66. The Hall–Kier alpha value is -2.56. The van der Waals surface area contributed by atoms with Gasteiger partial charge in [-0.1, -0.05) is 0 Å². The molecule has 0 aliphatic carbocycles. The number of carbonyl (C=O) groups is 1. The molecule has 0 unspecified atom stereocenters. The zero-order valence-corrected chi connectivity index (χ0v) is 9.87. The van der Waals surface area contributed by atoms with E-state index < -0.39 is 0 Å². The molecule has 1 amide bonds. The van der Waals surface area contributed by atoms with E-state index in [0.717, 1.165) is 11.3 Å². The number of carbonyl (C=O) groups excluding carboxylic acids is 1. The van der Waals surface area contributed by atoms with Gasteiger partial charge in [-0.3, -0.25) is 14.8 Å². The lowest BCUT2D eigenvalue weighted by atomic mass is 10.2. The van der Waals surface area contributed by atoms with Gasteiger partial charge in [-0.15, -0.1) is 0 Å². The van der Waals surface area contributed by atoms with Crippen molar-refractivity contribution in [3.05, 3.63) is 60.2 Å². The third-order valence-electron chi connectivity index (χ3n) is 2.37. The number of hydrogen-bond donors (Lipinski definition) is 1. The molecule has 2 aromatic rings. The van der Waals surface area contributed by atoms with E-state index in [-0.39, 0.29) is 5.91 Å². The summed E-state index contributed by atoms with van der Waals surface area (Å²) in [4.78, 5) is 19.5. The summed E-state index contributed by atoms with van der Waals surface area (Å²) in [6.45, 7) is 1.82. The van der Waals surface area contributed by atoms with Gasteiger partial charge in [0.05, 0.1) is 5.71 Å². The fourth-order valence-electron chi connectivity index (χ4n) is 1.36. The van der Waals surface area contributed by atoms with Gasteiger partial charge in [-0.25, -0.2) is 5.43 Å². The number of nitrogens with one attached hydrogen (secondary N) is 1. The van der Waals surface area contributed by atoms with E-state index in [1.165, 1.54) is 0 Å². The summed E-state index contributed by atoms with van der Waals surface area (Å²) in [6, 6.07) is 6.92. The molecule has 5 heteroatoms. The number of pyridine rings is 2. The van der Waals surface area contributed by atoms with Crippen LogP contribution in [0.25, 0.3) is 0 Å². The van der Waals surface area contributed by atoms with Crippen LogP contribution in [-0.2, 0) is 0 Å². The molecule has 0 fully saturated rings. The molecular weight excluding hydrogens is 228 g/mol. The molecule has 0 aliphatic rings. The molecule has 2 rings (SSSR count). The first kappa shape index (κ1) is 11.9. The molecular formula is C13H12N4O. The fraction of sp³-hybridized carbons (Fsp3) is 0.0769. The molecule has 90 valence electrons. The van der Waals surface area contributed by atoms with Gasteiger partial charge in [0.2, 0.25) is 0 Å². The maximum atomic E-state index is 11.7. The van der Waals surface area contributed by atoms with Crippen molar-refractivity contribution < 1.29 is 4.79 Å². The second-order valence-electron chi connectivity index (χ2n) is 3.61. The van der Waals surface area contributed by atoms with Gasteiger partial charge in [-0.2, -0.15) is 5.10 Å². The summed E-state index contributed by atoms with van der Waals surface area (Å²) in [5.74, 6) is -0.259. The molecule has 0 atom stereocenters. The first-order valence-corrected chi connectivity index (χ1v) is 5.42. The van der Waals surface area contributed by atoms with Crippen molar-refractivity contribution in [3.8, 4) is 0 Å². The maximum absolute atomic E-state index is 11.7. The van der Waals surface area contributed by atoms with Crippen molar-refractivity contribution in [2.45, 2.75) is 6.92 Å². The molecule has 0 bridgehead atoms. The van der Waals surface area contributed by atoms with Crippen LogP contribution < -0.4 is 5.43 Å². The Morgan fingerprint density at radius 2 is 1.50 bits per heavy atom. The molecule has 0 saturated carbocycles. The molecule has 5 nitrogen and oxygen atoms in total. The standard InChI is InChI=1S/C13H12N4O/c1-10(11-2-6-14-7-3-11)16-17-13(18)12-4-8-15-9-5-12/h2-9H,1H3,(H,17,18)/b16-10-. The minimum Gasteiger partial charge on any atom is -0.267 e. The van der Waals surface area contributed by atoms with Crippen LogP contribution >= 0.6 is 0 Å². The van der Waals surface area contributed by atoms with Crippen molar-refractivity contribution in [1.82, 2.24) is 15.4 Å². The molecule has 2 aromatic heterocycles. The van der Waals surface area contributed by atoms with E-state index in [4.69, 9.17) is 0 Å². The van der Waals surface area contributed by atoms with Crippen molar-refractivity contribution in [2.75, 3.05) is 0 Å². The minimum atomic E-state index is -0.259. The first-order valence-electron chi connectivity index (χ1n) is 5.42. The van der Waals surface area contributed by atoms with Crippen LogP contribution in [0.1, 0.15) is 22.8 Å². The predicted molar refractivity (Wildman–Crippen MR) is 68.2 cm³/mol. The molecule has 0 spiro atoms. The second-order valence-corrected chi connectivity index (χ2v) is 3.61. The van der Waals surface area contributed by atoms with Crippen LogP contribution in [0.15, 0.2) is 54.2 Å². The van der Waals surface area contributed by atoms with E-state index in [9.17, 15) is 4.79 Å². The third kappa shape index (κ3) is 2.98. The Kier molecular flexibility index (Phi) is 3.76. The zero-order chi connectivity index (χ0) is 12.8. The minimum absolute atomic E-state index is 0.259. The van der Waals surface area contributed by atoms with Crippen LogP contribution in [0.2, 0.25) is 0 Å². The lowest BCUT2D eigenvalue weighted by Crippen LogP contribution is -2.19. The van der Waals surface area contributed by atoms with Gasteiger partial charge in [0.15, 0.2) is 0 Å². The van der Waals surface area contributed by atoms with Gasteiger partial charge in [0.25, 0.3) is 5.91 Å². The largest absolute Gasteiger partial charge is 0.271 e. The number of aromatic nitrogens is 2. The quantitative estimate of drug-likeness (QED) is 0.655. The van der Waals surface area contributed by atoms with Crippen molar-refractivity contribution in [1.29, 1.82) is 0 Å². The average Bonchev–Trinajstić information content (AvgIpc) is 2.46. The van der Waals surface area contributed by atoms with Crippen LogP contribution in [0.4, 0.5) is 0 Å². The Morgan fingerprint density at radius 1 is 1.00 bits per heavy atom. The second kappa shape index (κ2) is 5.67. The van der Waals surface area contributed by atoms with E-state index in [1.807, 2.05) is 19.1 Å². The highest BCUT2D eigenvalue weighted by atomic mass is 16.2. The zero-order valence-electron chi connectivity index (χ0n) is 9.87. The Balaban J connectivity index is 2.05. The number of rotatable bonds is 3. The average molecular weight is 240 g/mol. The third-order valence-corrected chi connectivity index (χ3v) is 2.37. The number of hydrazone groups is 1. The lowest BCUT2D eigenvalue weighted by Gasteiger charge is -2.02. The maximum Gasteiger partial charge on any atom is 0.271 e. The van der Waals surface area contributed by atoms with Gasteiger partial charge < -0.3 is 0 Å². The van der Waals surface area contributed by atoms with E-state index >= 15 is 0 Å². The van der Waals surface area contributed by atoms with Gasteiger partial charge in [0, 0.05) is 35.9 Å². The molecule has 0 radical (unpaired) electrons. The van der Waals surface area contributed by atoms with Crippen molar-refractivity contribution in [2.24, 2.45) is 5.10 Å². The van der Waals surface area contributed by atoms with Gasteiger partial charge >= 0.3 is 0 Å². The predicted octanol–water partition coefficient (Wildman–Crippen LogP) is 1.63. The smallest absolute Gasteiger partial charge is 0.267 e. The number of hydrogen-bond acceptors (Lipinski definition) is 4. The van der Waals surface area contributed by atoms with Gasteiger partial charge in [0.1, 0.15) is 0 Å². The van der Waals surface area contributed by atoms with Crippen LogP contribution in [0.3, 0.4) is 0 Å². The summed E-state index contributed by atoms with van der Waals surface area (Å²) < 4.78 is 0. The normalized spacial score (nSPS) is 11.1. The summed E-state index contributed by atoms with van der Waals surface area (Å²) in [7, 11) is 0. The Morgan fingerprint density at radius 3 is 2.06 bits per heavy atom. The fourth-order valence-corrected chi connectivity index (χ4v) is 1.36. The van der Waals surface area contributed by atoms with Crippen molar-refractivity contribution in [3.63, 3.8) is 0 Å². The number of nitrogens with zero attached hydrogens (tertiary/aromatic N) is 3. The van der Waals surface area contributed by atoms with E-state index in [1.54, 1.807) is 36.9 Å². The Bertz CT molecular complexity index is 552. The van der Waals surface area contributed by atoms with Crippen LogP contribution in [0, 0.1) is 0 Å². The highest BCUT2D eigenvalue weighted by molar-refractivity contribution is 6.00. The lowest BCUT2D eigenvalue weighted by molar-refractivity contribution is 0.0954. The van der Waals surface area contributed by atoms with E-state index in [2.05, 4.69) is 20.5 Å². The highest BCUT2D eigenvalue weighted by Gasteiger charge is 2.03. The molecule has 0 aromatic carbocycles. The monoisotopic (exact) mass is 240 g/mol. The first-order chi connectivity index (χ1) is 8.77. The topological polar surface area (TPSA) is 67.2 Å². The molecule has 1 N–H and O–H groups in total. The SMILES string of the molecule is C/C(=N/NC(=O)c1ccncc1)c1ccncc1. The molecule has 18 heavy (non-hydrogen) atoms. The van der Waals surface area contributed by atoms with Crippen molar-refractivity contribution >= 4 is 11.6 Å². The highest BCUT2D eigenvalue weighted by Crippen LogP contribution is 1.99. The summed E-state index contributed by atoms with van der Waals surface area (Å²) in [6.07, 6.45) is 6.49. The number of amides is 1. The van der Waals surface area contributed by atoms with E-state index in [0.29, 0.717) is 5.56 Å². The van der Waals surface area contributed by atoms with Crippen LogP contribution in [0.5, 0.6) is 0 Å². The molecule has 0 aliphatic heterocycles. The summed E-state index contributed by atoms with van der Waals surface area (Å²) >= 11 is 0.